The van der Waals surface area contributed by atoms with Gasteiger partial charge in [-0.05, 0) is 31.0 Å². The van der Waals surface area contributed by atoms with E-state index in [2.05, 4.69) is 15.3 Å². The highest BCUT2D eigenvalue weighted by Crippen LogP contribution is 2.41. The molecule has 0 aromatic heterocycles. The predicted octanol–water partition coefficient (Wildman–Crippen LogP) is 3.62. The summed E-state index contributed by atoms with van der Waals surface area (Å²) in [7, 11) is 1.27. The topological polar surface area (TPSA) is 123 Å². The highest BCUT2D eigenvalue weighted by atomic mass is 35.5. The molecule has 0 bridgehead atoms. The summed E-state index contributed by atoms with van der Waals surface area (Å²) in [6.45, 7) is 3.87. The summed E-state index contributed by atoms with van der Waals surface area (Å²) in [5.74, 6) is -1.99. The van der Waals surface area contributed by atoms with Gasteiger partial charge in [-0.15, -0.1) is 0 Å². The first-order valence-electron chi connectivity index (χ1n) is 9.25. The highest BCUT2D eigenvalue weighted by molar-refractivity contribution is 6.31. The molecule has 0 amide bonds. The van der Waals surface area contributed by atoms with E-state index in [9.17, 15) is 9.59 Å². The number of carbonyl (C=O) groups is 2. The lowest BCUT2D eigenvalue weighted by Gasteiger charge is -2.31. The molecule has 0 unspecified atom stereocenters. The third-order valence-electron chi connectivity index (χ3n) is 4.41. The van der Waals surface area contributed by atoms with Gasteiger partial charge in [-0.25, -0.2) is 9.59 Å². The molecule has 1 N–H and O–H groups in total. The minimum absolute atomic E-state index is 0.0157. The van der Waals surface area contributed by atoms with E-state index < -0.39 is 17.9 Å². The minimum atomic E-state index is -0.804. The lowest BCUT2D eigenvalue weighted by atomic mass is 9.80. The molecular formula is C20H23ClN4O5. The SMILES string of the molecule is CCOC(=O)C1=C(COCCN=[N+]=[N-])NC(C)=C(C(=O)OC)[C@@H]1c1ccccc1Cl. The van der Waals surface area contributed by atoms with Crippen LogP contribution in [0.1, 0.15) is 25.3 Å². The summed E-state index contributed by atoms with van der Waals surface area (Å²) in [4.78, 5) is 28.2. The predicted molar refractivity (Wildman–Crippen MR) is 111 cm³/mol. The zero-order valence-electron chi connectivity index (χ0n) is 17.0. The van der Waals surface area contributed by atoms with E-state index in [1.165, 1.54) is 7.11 Å². The van der Waals surface area contributed by atoms with E-state index >= 15 is 0 Å². The van der Waals surface area contributed by atoms with E-state index in [-0.39, 0.29) is 37.5 Å². The van der Waals surface area contributed by atoms with Crippen LogP contribution in [0.15, 0.2) is 51.9 Å². The molecule has 1 heterocycles. The molecule has 0 saturated carbocycles. The van der Waals surface area contributed by atoms with Gasteiger partial charge < -0.3 is 19.5 Å². The second kappa shape index (κ2) is 11.3. The molecule has 10 heteroatoms. The number of carbonyl (C=O) groups excluding carboxylic acids is 2. The van der Waals surface area contributed by atoms with Gasteiger partial charge in [0.2, 0.25) is 0 Å². The zero-order chi connectivity index (χ0) is 22.1. The Bertz CT molecular complexity index is 922. The number of benzene rings is 1. The summed E-state index contributed by atoms with van der Waals surface area (Å²) >= 11 is 6.43. The van der Waals surface area contributed by atoms with Gasteiger partial charge in [-0.1, -0.05) is 34.9 Å². The Hall–Kier alpha value is -3.00. The Morgan fingerprint density at radius 1 is 1.27 bits per heavy atom. The maximum Gasteiger partial charge on any atom is 0.336 e. The first kappa shape index (κ1) is 23.3. The Balaban J connectivity index is 2.59. The molecule has 160 valence electrons. The van der Waals surface area contributed by atoms with Crippen LogP contribution >= 0.6 is 11.6 Å². The van der Waals surface area contributed by atoms with E-state index in [1.54, 1.807) is 38.1 Å². The number of hydrogen-bond donors (Lipinski definition) is 1. The quantitative estimate of drug-likeness (QED) is 0.208. The molecule has 1 aliphatic heterocycles. The lowest BCUT2D eigenvalue weighted by Crippen LogP contribution is -2.35. The van der Waals surface area contributed by atoms with Crippen molar-refractivity contribution in [2.24, 2.45) is 5.11 Å². The number of hydrogen-bond acceptors (Lipinski definition) is 7. The van der Waals surface area contributed by atoms with Crippen molar-refractivity contribution in [3.8, 4) is 0 Å². The average molecular weight is 435 g/mol. The number of rotatable bonds is 9. The average Bonchev–Trinajstić information content (AvgIpc) is 2.73. The number of azide groups is 1. The van der Waals surface area contributed by atoms with Gasteiger partial charge in [0, 0.05) is 22.2 Å². The van der Waals surface area contributed by atoms with Gasteiger partial charge >= 0.3 is 11.9 Å². The third-order valence-corrected chi connectivity index (χ3v) is 4.75. The van der Waals surface area contributed by atoms with Crippen molar-refractivity contribution in [3.05, 3.63) is 67.8 Å². The van der Waals surface area contributed by atoms with E-state index in [4.69, 9.17) is 31.3 Å². The van der Waals surface area contributed by atoms with Crippen LogP contribution in [-0.4, -0.2) is 45.4 Å². The fraction of sp³-hybridized carbons (Fsp3) is 0.400. The van der Waals surface area contributed by atoms with E-state index in [0.29, 0.717) is 22.0 Å². The van der Waals surface area contributed by atoms with Crippen LogP contribution in [0.3, 0.4) is 0 Å². The first-order chi connectivity index (χ1) is 14.5. The second-order valence-corrected chi connectivity index (χ2v) is 6.64. The molecule has 0 aliphatic carbocycles. The van der Waals surface area contributed by atoms with Crippen LogP contribution < -0.4 is 5.32 Å². The highest BCUT2D eigenvalue weighted by Gasteiger charge is 2.39. The largest absolute Gasteiger partial charge is 0.466 e. The number of nitrogens with zero attached hydrogens (tertiary/aromatic N) is 3. The summed E-state index contributed by atoms with van der Waals surface area (Å²) in [6.07, 6.45) is 0. The number of methoxy groups -OCH3 is 1. The molecule has 30 heavy (non-hydrogen) atoms. The third kappa shape index (κ3) is 5.33. The van der Waals surface area contributed by atoms with Crippen molar-refractivity contribution in [2.45, 2.75) is 19.8 Å². The van der Waals surface area contributed by atoms with Crippen LogP contribution in [-0.2, 0) is 23.8 Å². The Kier molecular flexibility index (Phi) is 8.73. The van der Waals surface area contributed by atoms with Crippen LogP contribution in [0, 0.1) is 0 Å². The number of dihydropyridines is 1. The van der Waals surface area contributed by atoms with Gasteiger partial charge in [0.1, 0.15) is 0 Å². The van der Waals surface area contributed by atoms with Gasteiger partial charge in [0.15, 0.2) is 0 Å². The minimum Gasteiger partial charge on any atom is -0.466 e. The first-order valence-corrected chi connectivity index (χ1v) is 9.63. The molecule has 0 fully saturated rings. The normalized spacial score (nSPS) is 15.9. The molecule has 1 aromatic carbocycles. The van der Waals surface area contributed by atoms with E-state index in [0.717, 1.165) is 0 Å². The monoisotopic (exact) mass is 434 g/mol. The Labute approximate surface area is 179 Å². The molecule has 0 radical (unpaired) electrons. The second-order valence-electron chi connectivity index (χ2n) is 6.23. The van der Waals surface area contributed by atoms with Crippen LogP contribution in [0.4, 0.5) is 0 Å². The van der Waals surface area contributed by atoms with Gasteiger partial charge in [-0.3, -0.25) is 0 Å². The van der Waals surface area contributed by atoms with Crippen molar-refractivity contribution in [2.75, 3.05) is 33.5 Å². The fourth-order valence-electron chi connectivity index (χ4n) is 3.19. The van der Waals surface area contributed by atoms with E-state index in [1.807, 2.05) is 0 Å². The number of esters is 2. The Morgan fingerprint density at radius 2 is 2.00 bits per heavy atom. The molecular weight excluding hydrogens is 412 g/mol. The lowest BCUT2D eigenvalue weighted by molar-refractivity contribution is -0.139. The summed E-state index contributed by atoms with van der Waals surface area (Å²) in [6, 6.07) is 6.96. The summed E-state index contributed by atoms with van der Waals surface area (Å²) < 4.78 is 15.8. The maximum absolute atomic E-state index is 12.9. The van der Waals surface area contributed by atoms with Crippen molar-refractivity contribution < 1.29 is 23.8 Å². The molecule has 0 saturated heterocycles. The van der Waals surface area contributed by atoms with Crippen molar-refractivity contribution >= 4 is 23.5 Å². The van der Waals surface area contributed by atoms with Gasteiger partial charge in [0.25, 0.3) is 0 Å². The summed E-state index contributed by atoms with van der Waals surface area (Å²) in [5.41, 5.74) is 10.3. The molecule has 9 nitrogen and oxygen atoms in total. The zero-order valence-corrected chi connectivity index (χ0v) is 17.7. The van der Waals surface area contributed by atoms with Crippen LogP contribution in [0.5, 0.6) is 0 Å². The maximum atomic E-state index is 12.9. The van der Waals surface area contributed by atoms with Crippen LogP contribution in [0.2, 0.25) is 5.02 Å². The van der Waals surface area contributed by atoms with Crippen molar-refractivity contribution in [3.63, 3.8) is 0 Å². The number of ether oxygens (including phenoxy) is 3. The van der Waals surface area contributed by atoms with Crippen LogP contribution in [0.25, 0.3) is 10.4 Å². The van der Waals surface area contributed by atoms with Gasteiger partial charge in [-0.2, -0.15) is 0 Å². The fourth-order valence-corrected chi connectivity index (χ4v) is 3.43. The molecule has 1 aliphatic rings. The number of halogens is 1. The molecule has 0 spiro atoms. The number of nitrogens with one attached hydrogen (secondary N) is 1. The Morgan fingerprint density at radius 3 is 2.63 bits per heavy atom. The number of allylic oxidation sites excluding steroid dienone is 1. The molecule has 1 atom stereocenters. The summed E-state index contributed by atoms with van der Waals surface area (Å²) in [5, 5.41) is 6.87. The van der Waals surface area contributed by atoms with Crippen molar-refractivity contribution in [1.82, 2.24) is 5.32 Å². The van der Waals surface area contributed by atoms with Gasteiger partial charge in [0.05, 0.1) is 49.7 Å². The molecule has 1 aromatic rings. The van der Waals surface area contributed by atoms with Crippen molar-refractivity contribution in [1.29, 1.82) is 0 Å². The molecule has 2 rings (SSSR count). The smallest absolute Gasteiger partial charge is 0.336 e. The standard InChI is InChI=1S/C20H23ClN4O5/c1-4-30-20(27)18-15(11-29-10-9-23-25-22)24-12(2)16(19(26)28-3)17(18)13-7-5-6-8-14(13)21/h5-8,17,24H,4,9-11H2,1-3H3/t17-/m0/s1.